The number of aliphatic hydroxyl groups excluding tert-OH is 2. The number of rotatable bonds is 12. The van der Waals surface area contributed by atoms with E-state index in [1.807, 2.05) is 6.92 Å². The number of ketones is 2. The summed E-state index contributed by atoms with van der Waals surface area (Å²) in [5.74, 6) is -4.76. The van der Waals surface area contributed by atoms with Crippen molar-refractivity contribution in [3.8, 4) is 0 Å². The predicted molar refractivity (Wildman–Crippen MR) is 162 cm³/mol. The zero-order valence-electron chi connectivity index (χ0n) is 27.0. The Kier molecular flexibility index (Phi) is 10.5. The van der Waals surface area contributed by atoms with Crippen LogP contribution in [0.3, 0.4) is 0 Å². The molecule has 0 heterocycles. The number of aliphatic carboxylic acids is 1. The second-order valence-electron chi connectivity index (χ2n) is 14.4. The maximum atomic E-state index is 13.5. The van der Waals surface area contributed by atoms with Crippen molar-refractivity contribution >= 4 is 35.3 Å². The third-order valence-corrected chi connectivity index (χ3v) is 11.5. The molecule has 13 nitrogen and oxygen atoms in total. The van der Waals surface area contributed by atoms with Crippen molar-refractivity contribution in [1.82, 2.24) is 10.6 Å². The summed E-state index contributed by atoms with van der Waals surface area (Å²) in [5, 5.41) is 46.2. The summed E-state index contributed by atoms with van der Waals surface area (Å²) in [7, 11) is 0. The van der Waals surface area contributed by atoms with E-state index in [1.54, 1.807) is 19.9 Å². The van der Waals surface area contributed by atoms with Gasteiger partial charge in [0.05, 0.1) is 19.1 Å². The zero-order chi connectivity index (χ0) is 34.2. The number of aliphatic hydroxyl groups is 3. The van der Waals surface area contributed by atoms with Gasteiger partial charge in [-0.25, -0.2) is 4.79 Å². The van der Waals surface area contributed by atoms with Crippen molar-refractivity contribution in [2.75, 3.05) is 13.2 Å². The van der Waals surface area contributed by atoms with Crippen LogP contribution in [-0.2, 0) is 33.5 Å². The summed E-state index contributed by atoms with van der Waals surface area (Å²) in [6, 6.07) is -2.66. The van der Waals surface area contributed by atoms with Crippen molar-refractivity contribution in [2.24, 2.45) is 34.5 Å². The number of carbonyl (C=O) groups is 6. The van der Waals surface area contributed by atoms with E-state index in [0.717, 1.165) is 18.4 Å². The highest BCUT2D eigenvalue weighted by molar-refractivity contribution is 5.93. The lowest BCUT2D eigenvalue weighted by atomic mass is 9.45. The van der Waals surface area contributed by atoms with E-state index in [-0.39, 0.29) is 48.2 Å². The number of fused-ring (bicyclic) bond motifs is 5. The molecule has 0 radical (unpaired) electrons. The molecule has 46 heavy (non-hydrogen) atoms. The Morgan fingerprint density at radius 3 is 2.37 bits per heavy atom. The topological polar surface area (TPSA) is 217 Å². The van der Waals surface area contributed by atoms with E-state index < -0.39 is 84.3 Å². The van der Waals surface area contributed by atoms with Gasteiger partial charge in [0.2, 0.25) is 17.6 Å². The lowest BCUT2D eigenvalue weighted by molar-refractivity contribution is -0.184. The first-order chi connectivity index (χ1) is 21.5. The van der Waals surface area contributed by atoms with Crippen molar-refractivity contribution in [3.05, 3.63) is 11.6 Å². The zero-order valence-corrected chi connectivity index (χ0v) is 27.0. The van der Waals surface area contributed by atoms with Gasteiger partial charge in [-0.2, -0.15) is 0 Å². The number of ether oxygens (including phenoxy) is 1. The second-order valence-corrected chi connectivity index (χ2v) is 14.4. The van der Waals surface area contributed by atoms with Gasteiger partial charge in [-0.3, -0.25) is 24.0 Å². The minimum atomic E-state index is -1.80. The normalized spacial score (nSPS) is 34.7. The van der Waals surface area contributed by atoms with E-state index in [1.165, 1.54) is 0 Å². The van der Waals surface area contributed by atoms with Crippen molar-refractivity contribution < 1.29 is 53.9 Å². The lowest BCUT2D eigenvalue weighted by Gasteiger charge is -2.60. The van der Waals surface area contributed by atoms with Gasteiger partial charge in [-0.15, -0.1) is 0 Å². The van der Waals surface area contributed by atoms with Gasteiger partial charge in [0.1, 0.15) is 17.7 Å². The molecule has 0 aliphatic heterocycles. The van der Waals surface area contributed by atoms with Crippen LogP contribution in [0, 0.1) is 34.5 Å². The average molecular weight is 649 g/mol. The smallest absolute Gasteiger partial charge is 0.328 e. The molecule has 6 unspecified atom stereocenters. The predicted octanol–water partition coefficient (Wildman–Crippen LogP) is 0.815. The molecule has 0 saturated heterocycles. The number of nitrogens with one attached hydrogen (secondary N) is 2. The maximum Gasteiger partial charge on any atom is 0.328 e. The third kappa shape index (κ3) is 6.50. The van der Waals surface area contributed by atoms with Crippen molar-refractivity contribution in [3.63, 3.8) is 0 Å². The molecule has 9 atom stereocenters. The molecule has 4 aliphatic carbocycles. The van der Waals surface area contributed by atoms with Crippen LogP contribution < -0.4 is 10.6 Å². The number of esters is 1. The molecule has 0 aromatic heterocycles. The third-order valence-electron chi connectivity index (χ3n) is 11.5. The molecule has 0 aromatic rings. The standard InChI is InChI=1S/C33H48N2O11/c1-17(2)28(29(42)34-22(15-36)30(43)44)35-25(40)7-8-26(41)46-16-24(39)33(45)12-10-21-20-6-5-18-13-19(37)9-11-31(18,3)27(20)23(38)14-32(21,33)4/h13,17,20-23,27-28,36,38,45H,5-12,14-16H2,1-4H3,(H,34,42)(H,35,40)(H,43,44)/t20?,21?,22?,23?,27?,28?,31-,32-,33-/m0/s1. The van der Waals surface area contributed by atoms with Gasteiger partial charge < -0.3 is 35.8 Å². The summed E-state index contributed by atoms with van der Waals surface area (Å²) in [5.41, 5.74) is -1.94. The number of carbonyl (C=O) groups excluding carboxylic acids is 5. The summed E-state index contributed by atoms with van der Waals surface area (Å²) in [4.78, 5) is 74.2. The van der Waals surface area contributed by atoms with Gasteiger partial charge in [-0.05, 0) is 73.7 Å². The molecular formula is C33H48N2O11. The highest BCUT2D eigenvalue weighted by Gasteiger charge is 2.68. The largest absolute Gasteiger partial charge is 0.480 e. The van der Waals surface area contributed by atoms with Crippen LogP contribution in [0.4, 0.5) is 0 Å². The maximum absolute atomic E-state index is 13.5. The number of hydrogen-bond donors (Lipinski definition) is 6. The molecule has 13 heteroatoms. The number of hydrogen-bond acceptors (Lipinski definition) is 10. The molecule has 0 aromatic carbocycles. The Morgan fingerprint density at radius 2 is 1.74 bits per heavy atom. The fourth-order valence-corrected chi connectivity index (χ4v) is 8.93. The lowest BCUT2D eigenvalue weighted by Crippen LogP contribution is -2.62. The van der Waals surface area contributed by atoms with E-state index >= 15 is 0 Å². The first kappa shape index (κ1) is 35.7. The van der Waals surface area contributed by atoms with Crippen LogP contribution in [0.15, 0.2) is 11.6 Å². The van der Waals surface area contributed by atoms with Crippen LogP contribution in [0.2, 0.25) is 0 Å². The average Bonchev–Trinajstić information content (AvgIpc) is 3.26. The minimum Gasteiger partial charge on any atom is -0.480 e. The quantitative estimate of drug-likeness (QED) is 0.163. The second kappa shape index (κ2) is 13.5. The summed E-state index contributed by atoms with van der Waals surface area (Å²) in [6.45, 7) is 5.71. The van der Waals surface area contributed by atoms with Gasteiger partial charge in [0.25, 0.3) is 0 Å². The van der Waals surface area contributed by atoms with Gasteiger partial charge in [0.15, 0.2) is 12.4 Å². The van der Waals surface area contributed by atoms with Crippen LogP contribution in [0.5, 0.6) is 0 Å². The molecule has 4 rings (SSSR count). The van der Waals surface area contributed by atoms with E-state index in [4.69, 9.17) is 14.9 Å². The van der Waals surface area contributed by atoms with E-state index in [9.17, 15) is 39.0 Å². The van der Waals surface area contributed by atoms with Crippen LogP contribution in [-0.4, -0.2) is 92.7 Å². The fraction of sp³-hybridized carbons (Fsp3) is 0.758. The van der Waals surface area contributed by atoms with Crippen LogP contribution >= 0.6 is 0 Å². The van der Waals surface area contributed by atoms with Gasteiger partial charge in [0, 0.05) is 18.3 Å². The van der Waals surface area contributed by atoms with Gasteiger partial charge in [-0.1, -0.05) is 33.3 Å². The molecule has 4 aliphatic rings. The first-order valence-electron chi connectivity index (χ1n) is 16.2. The molecule has 3 fully saturated rings. The molecular weight excluding hydrogens is 600 g/mol. The Labute approximate surface area is 268 Å². The number of carboxylic acids is 1. The molecule has 0 spiro atoms. The number of carboxylic acid groups (broad SMARTS) is 1. The van der Waals surface area contributed by atoms with Crippen molar-refractivity contribution in [1.29, 1.82) is 0 Å². The van der Waals surface area contributed by atoms with Crippen LogP contribution in [0.25, 0.3) is 0 Å². The molecule has 6 N–H and O–H groups in total. The first-order valence-corrected chi connectivity index (χ1v) is 16.2. The Bertz CT molecular complexity index is 1300. The fourth-order valence-electron chi connectivity index (χ4n) is 8.93. The molecule has 0 bridgehead atoms. The Balaban J connectivity index is 1.33. The number of amides is 2. The summed E-state index contributed by atoms with van der Waals surface area (Å²) in [6.07, 6.45) is 3.81. The molecule has 256 valence electrons. The van der Waals surface area contributed by atoms with E-state index in [0.29, 0.717) is 19.3 Å². The molecule has 2 amide bonds. The Morgan fingerprint density at radius 1 is 1.04 bits per heavy atom. The minimum absolute atomic E-state index is 0.0282. The highest BCUT2D eigenvalue weighted by atomic mass is 16.5. The van der Waals surface area contributed by atoms with E-state index in [2.05, 4.69) is 17.6 Å². The number of allylic oxidation sites excluding steroid dienone is 1. The Hall–Kier alpha value is -3.16. The monoisotopic (exact) mass is 648 g/mol. The van der Waals surface area contributed by atoms with Gasteiger partial charge >= 0.3 is 11.9 Å². The van der Waals surface area contributed by atoms with Crippen LogP contribution in [0.1, 0.15) is 85.5 Å². The SMILES string of the molecule is CC(C)C(NC(=O)CCC(=O)OCC(=O)[C@@]1(O)CCC2C3CCC4=CC(=O)CC[C@]4(C)C3C(O)C[C@@]21C)C(=O)NC(CO)C(=O)O. The highest BCUT2D eigenvalue weighted by Crippen LogP contribution is 2.67. The summed E-state index contributed by atoms with van der Waals surface area (Å²) >= 11 is 0. The summed E-state index contributed by atoms with van der Waals surface area (Å²) < 4.78 is 5.18. The number of Topliss-reactive ketones (excluding diaryl/α,β-unsaturated/α-hetero) is 1. The van der Waals surface area contributed by atoms with Crippen molar-refractivity contribution in [2.45, 2.75) is 109 Å². The molecule has 3 saturated carbocycles.